The maximum atomic E-state index is 11.2. The van der Waals surface area contributed by atoms with E-state index in [4.69, 9.17) is 9.68 Å². The molecular weight excluding hydrogens is 168 g/mol. The second-order valence-electron chi connectivity index (χ2n) is 2.67. The van der Waals surface area contributed by atoms with Crippen molar-refractivity contribution in [3.05, 3.63) is 24.2 Å². The summed E-state index contributed by atoms with van der Waals surface area (Å²) in [7, 11) is 0. The van der Waals surface area contributed by atoms with Gasteiger partial charge in [0.05, 0.1) is 18.8 Å². The molecule has 0 fully saturated rings. The fourth-order valence-electron chi connectivity index (χ4n) is 0.896. The Labute approximate surface area is 76.2 Å². The van der Waals surface area contributed by atoms with Crippen LogP contribution >= 0.6 is 0 Å². The monoisotopic (exact) mass is 178 g/mol. The molecule has 1 heterocycles. The Kier molecular flexibility index (Phi) is 3.09. The molecule has 0 aliphatic carbocycles. The minimum atomic E-state index is -0.456. The maximum Gasteiger partial charge on any atom is 0.228 e. The minimum Gasteiger partial charge on any atom is -0.469 e. The van der Waals surface area contributed by atoms with Gasteiger partial charge in [-0.2, -0.15) is 5.26 Å². The van der Waals surface area contributed by atoms with Crippen LogP contribution in [0.3, 0.4) is 0 Å². The van der Waals surface area contributed by atoms with E-state index in [1.807, 2.05) is 6.07 Å². The van der Waals surface area contributed by atoms with Gasteiger partial charge in [0.25, 0.3) is 0 Å². The lowest BCUT2D eigenvalue weighted by atomic mass is 10.3. The quantitative estimate of drug-likeness (QED) is 0.746. The van der Waals surface area contributed by atoms with Gasteiger partial charge in [0, 0.05) is 0 Å². The molecule has 4 nitrogen and oxygen atoms in total. The first kappa shape index (κ1) is 9.33. The Morgan fingerprint density at radius 3 is 3.15 bits per heavy atom. The standard InChI is InChI=1S/C9H10N2O2/c1-7(6-10)11-9(12)5-8-3-2-4-13-8/h2-4,7H,5H2,1H3,(H,11,12)/t7-/m1/s1. The molecule has 1 aromatic rings. The van der Waals surface area contributed by atoms with E-state index in [1.165, 1.54) is 6.26 Å². The van der Waals surface area contributed by atoms with Crippen molar-refractivity contribution in [3.63, 3.8) is 0 Å². The Bertz CT molecular complexity index is 311. The zero-order valence-electron chi connectivity index (χ0n) is 7.28. The minimum absolute atomic E-state index is 0.180. The van der Waals surface area contributed by atoms with Crippen LogP contribution in [0, 0.1) is 11.3 Å². The van der Waals surface area contributed by atoms with Crippen molar-refractivity contribution in [3.8, 4) is 6.07 Å². The van der Waals surface area contributed by atoms with Gasteiger partial charge in [0.1, 0.15) is 11.8 Å². The van der Waals surface area contributed by atoms with Crippen LogP contribution in [0.2, 0.25) is 0 Å². The number of carbonyl (C=O) groups is 1. The molecule has 0 aliphatic rings. The van der Waals surface area contributed by atoms with Crippen LogP contribution in [0.4, 0.5) is 0 Å². The highest BCUT2D eigenvalue weighted by atomic mass is 16.3. The number of furan rings is 1. The first-order valence-corrected chi connectivity index (χ1v) is 3.93. The number of nitrogens with zero attached hydrogens (tertiary/aromatic N) is 1. The largest absolute Gasteiger partial charge is 0.469 e. The molecule has 0 unspecified atom stereocenters. The van der Waals surface area contributed by atoms with Gasteiger partial charge in [0.2, 0.25) is 5.91 Å². The highest BCUT2D eigenvalue weighted by Gasteiger charge is 2.07. The van der Waals surface area contributed by atoms with Crippen molar-refractivity contribution in [1.29, 1.82) is 5.26 Å². The SMILES string of the molecule is C[C@H](C#N)NC(=O)Cc1ccco1. The molecule has 13 heavy (non-hydrogen) atoms. The summed E-state index contributed by atoms with van der Waals surface area (Å²) < 4.78 is 4.98. The van der Waals surface area contributed by atoms with Crippen LogP contribution in [0.15, 0.2) is 22.8 Å². The third-order valence-electron chi connectivity index (χ3n) is 1.49. The van der Waals surface area contributed by atoms with E-state index in [9.17, 15) is 4.79 Å². The predicted molar refractivity (Wildman–Crippen MR) is 45.6 cm³/mol. The van der Waals surface area contributed by atoms with Gasteiger partial charge in [0.15, 0.2) is 0 Å². The first-order chi connectivity index (χ1) is 6.22. The summed E-state index contributed by atoms with van der Waals surface area (Å²) >= 11 is 0. The molecule has 1 atom stereocenters. The number of hydrogen-bond donors (Lipinski definition) is 1. The van der Waals surface area contributed by atoms with E-state index in [0.29, 0.717) is 5.76 Å². The molecule has 0 saturated heterocycles. The van der Waals surface area contributed by atoms with Crippen molar-refractivity contribution in [2.45, 2.75) is 19.4 Å². The van der Waals surface area contributed by atoms with E-state index < -0.39 is 6.04 Å². The fraction of sp³-hybridized carbons (Fsp3) is 0.333. The molecule has 1 amide bonds. The van der Waals surface area contributed by atoms with Gasteiger partial charge < -0.3 is 9.73 Å². The van der Waals surface area contributed by atoms with E-state index >= 15 is 0 Å². The number of nitriles is 1. The van der Waals surface area contributed by atoms with E-state index in [1.54, 1.807) is 19.1 Å². The Morgan fingerprint density at radius 1 is 1.85 bits per heavy atom. The van der Waals surface area contributed by atoms with Crippen LogP contribution in [0.1, 0.15) is 12.7 Å². The predicted octanol–water partition coefficient (Wildman–Crippen LogP) is 0.850. The third-order valence-corrected chi connectivity index (χ3v) is 1.49. The van der Waals surface area contributed by atoms with Crippen LogP contribution in [-0.4, -0.2) is 11.9 Å². The molecule has 1 N–H and O–H groups in total. The molecule has 0 saturated carbocycles. The summed E-state index contributed by atoms with van der Waals surface area (Å²) in [6.45, 7) is 1.63. The molecule has 0 bridgehead atoms. The number of rotatable bonds is 3. The maximum absolute atomic E-state index is 11.2. The Hall–Kier alpha value is -1.76. The van der Waals surface area contributed by atoms with Crippen LogP contribution < -0.4 is 5.32 Å². The van der Waals surface area contributed by atoms with E-state index in [0.717, 1.165) is 0 Å². The smallest absolute Gasteiger partial charge is 0.228 e. The van der Waals surface area contributed by atoms with Gasteiger partial charge in [-0.3, -0.25) is 4.79 Å². The molecule has 0 radical (unpaired) electrons. The van der Waals surface area contributed by atoms with E-state index in [-0.39, 0.29) is 12.3 Å². The second-order valence-corrected chi connectivity index (χ2v) is 2.67. The van der Waals surface area contributed by atoms with Crippen molar-refractivity contribution in [2.75, 3.05) is 0 Å². The van der Waals surface area contributed by atoms with Gasteiger partial charge in [-0.15, -0.1) is 0 Å². The number of carbonyl (C=O) groups excluding carboxylic acids is 1. The summed E-state index contributed by atoms with van der Waals surface area (Å²) in [5, 5.41) is 10.9. The van der Waals surface area contributed by atoms with Crippen molar-refractivity contribution >= 4 is 5.91 Å². The number of hydrogen-bond acceptors (Lipinski definition) is 3. The zero-order chi connectivity index (χ0) is 9.68. The van der Waals surface area contributed by atoms with Gasteiger partial charge in [-0.05, 0) is 19.1 Å². The zero-order valence-corrected chi connectivity index (χ0v) is 7.28. The third kappa shape index (κ3) is 2.99. The molecule has 0 aromatic carbocycles. The molecule has 0 spiro atoms. The molecular formula is C9H10N2O2. The summed E-state index contributed by atoms with van der Waals surface area (Å²) in [6, 6.07) is 4.89. The summed E-state index contributed by atoms with van der Waals surface area (Å²) in [4.78, 5) is 11.2. The van der Waals surface area contributed by atoms with Gasteiger partial charge in [-0.25, -0.2) is 0 Å². The van der Waals surface area contributed by atoms with E-state index in [2.05, 4.69) is 5.32 Å². The van der Waals surface area contributed by atoms with Crippen LogP contribution in [0.25, 0.3) is 0 Å². The molecule has 4 heteroatoms. The second kappa shape index (κ2) is 4.31. The summed E-state index contributed by atoms with van der Waals surface area (Å²) in [5.41, 5.74) is 0. The lowest BCUT2D eigenvalue weighted by Gasteiger charge is -2.03. The van der Waals surface area contributed by atoms with Gasteiger partial charge >= 0.3 is 0 Å². The summed E-state index contributed by atoms with van der Waals surface area (Å²) in [6.07, 6.45) is 1.69. The molecule has 1 rings (SSSR count). The molecule has 0 aliphatic heterocycles. The van der Waals surface area contributed by atoms with Gasteiger partial charge in [-0.1, -0.05) is 0 Å². The topological polar surface area (TPSA) is 66.0 Å². The van der Waals surface area contributed by atoms with Crippen molar-refractivity contribution in [1.82, 2.24) is 5.32 Å². The average Bonchev–Trinajstić information content (AvgIpc) is 2.56. The Morgan fingerprint density at radius 2 is 2.62 bits per heavy atom. The Balaban J connectivity index is 2.39. The normalized spacial score (nSPS) is 11.7. The van der Waals surface area contributed by atoms with Crippen molar-refractivity contribution < 1.29 is 9.21 Å². The van der Waals surface area contributed by atoms with Crippen molar-refractivity contribution in [2.24, 2.45) is 0 Å². The lowest BCUT2D eigenvalue weighted by Crippen LogP contribution is -2.32. The number of nitrogens with one attached hydrogen (secondary N) is 1. The number of amides is 1. The fourth-order valence-corrected chi connectivity index (χ4v) is 0.896. The summed E-state index contributed by atoms with van der Waals surface area (Å²) in [5.74, 6) is 0.395. The average molecular weight is 178 g/mol. The first-order valence-electron chi connectivity index (χ1n) is 3.93. The lowest BCUT2D eigenvalue weighted by molar-refractivity contribution is -0.120. The highest BCUT2D eigenvalue weighted by Crippen LogP contribution is 2.00. The van der Waals surface area contributed by atoms with Crippen LogP contribution in [-0.2, 0) is 11.2 Å². The van der Waals surface area contributed by atoms with Crippen LogP contribution in [0.5, 0.6) is 0 Å². The molecule has 68 valence electrons. The molecule has 1 aromatic heterocycles. The highest BCUT2D eigenvalue weighted by molar-refractivity contribution is 5.78.